The van der Waals surface area contributed by atoms with Crippen molar-refractivity contribution in [3.63, 3.8) is 0 Å². The lowest BCUT2D eigenvalue weighted by molar-refractivity contribution is -0.117. The van der Waals surface area contributed by atoms with Crippen molar-refractivity contribution in [1.82, 2.24) is 4.90 Å². The third kappa shape index (κ3) is 7.90. The average molecular weight is 179 g/mol. The van der Waals surface area contributed by atoms with Crippen LogP contribution in [0.15, 0.2) is 0 Å². The highest BCUT2D eigenvalue weighted by Crippen LogP contribution is 1.85. The van der Waals surface area contributed by atoms with Gasteiger partial charge in [-0.2, -0.15) is 0 Å². The van der Waals surface area contributed by atoms with E-state index in [0.29, 0.717) is 27.0 Å². The van der Waals surface area contributed by atoms with Crippen molar-refractivity contribution in [2.75, 3.05) is 48.3 Å². The summed E-state index contributed by atoms with van der Waals surface area (Å²) in [6.07, 6.45) is 0. The Bertz CT molecular complexity index is 81.5. The zero-order chi connectivity index (χ0) is 9.23. The van der Waals surface area contributed by atoms with Gasteiger partial charge in [-0.15, -0.1) is 0 Å². The second kappa shape index (κ2) is 8.89. The third-order valence-corrected chi connectivity index (χ3v) is 1.03. The summed E-state index contributed by atoms with van der Waals surface area (Å²) in [5, 5.41) is 0. The molecule has 0 unspecified atom stereocenters. The SMILES string of the molecule is COCOCN(C)COCOC. The first-order chi connectivity index (χ1) is 5.81. The van der Waals surface area contributed by atoms with Crippen molar-refractivity contribution in [3.8, 4) is 0 Å². The Morgan fingerprint density at radius 2 is 1.33 bits per heavy atom. The smallest absolute Gasteiger partial charge is 0.148 e. The van der Waals surface area contributed by atoms with Crippen LogP contribution in [-0.4, -0.2) is 53.2 Å². The van der Waals surface area contributed by atoms with Crippen molar-refractivity contribution >= 4 is 0 Å². The topological polar surface area (TPSA) is 40.2 Å². The molecule has 0 radical (unpaired) electrons. The van der Waals surface area contributed by atoms with Crippen LogP contribution in [0.4, 0.5) is 0 Å². The van der Waals surface area contributed by atoms with Crippen LogP contribution in [0.1, 0.15) is 0 Å². The predicted octanol–water partition coefficient (Wildman–Crippen LogP) is 0.0742. The van der Waals surface area contributed by atoms with Gasteiger partial charge in [-0.05, 0) is 7.05 Å². The highest BCUT2D eigenvalue weighted by atomic mass is 16.7. The monoisotopic (exact) mass is 179 g/mol. The predicted molar refractivity (Wildman–Crippen MR) is 43.4 cm³/mol. The minimum absolute atomic E-state index is 0.300. The lowest BCUT2D eigenvalue weighted by Crippen LogP contribution is -2.25. The van der Waals surface area contributed by atoms with Crippen LogP contribution in [-0.2, 0) is 18.9 Å². The van der Waals surface area contributed by atoms with Gasteiger partial charge in [-0.3, -0.25) is 4.90 Å². The molecular formula is C7H17NO4. The summed E-state index contributed by atoms with van der Waals surface area (Å²) in [6, 6.07) is 0. The van der Waals surface area contributed by atoms with Gasteiger partial charge < -0.3 is 18.9 Å². The maximum Gasteiger partial charge on any atom is 0.148 e. The number of nitrogens with zero attached hydrogens (tertiary/aromatic N) is 1. The Morgan fingerprint density at radius 3 is 1.67 bits per heavy atom. The fraction of sp³-hybridized carbons (Fsp3) is 1.00. The number of hydrogen-bond acceptors (Lipinski definition) is 5. The molecule has 0 rings (SSSR count). The van der Waals surface area contributed by atoms with E-state index in [1.807, 2.05) is 11.9 Å². The van der Waals surface area contributed by atoms with Gasteiger partial charge in [0, 0.05) is 14.2 Å². The van der Waals surface area contributed by atoms with Crippen LogP contribution in [0.5, 0.6) is 0 Å². The van der Waals surface area contributed by atoms with Crippen LogP contribution < -0.4 is 0 Å². The van der Waals surface area contributed by atoms with Gasteiger partial charge in [-0.1, -0.05) is 0 Å². The molecule has 0 N–H and O–H groups in total. The molecule has 0 saturated carbocycles. The number of ether oxygens (including phenoxy) is 4. The summed E-state index contributed by atoms with van der Waals surface area (Å²) in [4.78, 5) is 1.86. The van der Waals surface area contributed by atoms with Gasteiger partial charge >= 0.3 is 0 Å². The zero-order valence-corrected chi connectivity index (χ0v) is 7.91. The first-order valence-corrected chi connectivity index (χ1v) is 3.63. The van der Waals surface area contributed by atoms with E-state index >= 15 is 0 Å². The highest BCUT2D eigenvalue weighted by molar-refractivity contribution is 4.30. The summed E-state index contributed by atoms with van der Waals surface area (Å²) < 4.78 is 19.5. The number of hydrogen-bond donors (Lipinski definition) is 0. The van der Waals surface area contributed by atoms with Crippen LogP contribution in [0.2, 0.25) is 0 Å². The van der Waals surface area contributed by atoms with E-state index in [9.17, 15) is 0 Å². The molecule has 0 saturated heterocycles. The summed E-state index contributed by atoms with van der Waals surface area (Å²) >= 11 is 0. The Hall–Kier alpha value is -0.200. The quantitative estimate of drug-likeness (QED) is 0.389. The second-order valence-electron chi connectivity index (χ2n) is 2.34. The van der Waals surface area contributed by atoms with Gasteiger partial charge in [0.2, 0.25) is 0 Å². The summed E-state index contributed by atoms with van der Waals surface area (Å²) in [7, 11) is 5.05. The minimum atomic E-state index is 0.300. The molecule has 0 aliphatic heterocycles. The molecule has 0 heterocycles. The number of rotatable bonds is 8. The van der Waals surface area contributed by atoms with Crippen molar-refractivity contribution in [3.05, 3.63) is 0 Å². The van der Waals surface area contributed by atoms with Gasteiger partial charge in [0.25, 0.3) is 0 Å². The Morgan fingerprint density at radius 1 is 0.917 bits per heavy atom. The molecule has 74 valence electrons. The largest absolute Gasteiger partial charge is 0.359 e. The second-order valence-corrected chi connectivity index (χ2v) is 2.34. The minimum Gasteiger partial charge on any atom is -0.359 e. The zero-order valence-electron chi connectivity index (χ0n) is 7.91. The summed E-state index contributed by atoms with van der Waals surface area (Å²) in [5.41, 5.74) is 0. The van der Waals surface area contributed by atoms with E-state index in [1.165, 1.54) is 0 Å². The molecule has 0 fully saturated rings. The van der Waals surface area contributed by atoms with Gasteiger partial charge in [0.05, 0.1) is 0 Å². The molecule has 5 heteroatoms. The van der Waals surface area contributed by atoms with E-state index in [4.69, 9.17) is 18.9 Å². The van der Waals surface area contributed by atoms with Crippen LogP contribution in [0.3, 0.4) is 0 Å². The van der Waals surface area contributed by atoms with Crippen molar-refractivity contribution in [1.29, 1.82) is 0 Å². The average Bonchev–Trinajstić information content (AvgIpc) is 2.06. The molecule has 0 atom stereocenters. The molecule has 0 aromatic rings. The lowest BCUT2D eigenvalue weighted by Gasteiger charge is -2.15. The molecule has 0 aromatic heterocycles. The molecule has 0 aliphatic carbocycles. The summed E-state index contributed by atoms with van der Waals surface area (Å²) in [5.74, 6) is 0. The van der Waals surface area contributed by atoms with Gasteiger partial charge in [0.15, 0.2) is 0 Å². The fourth-order valence-corrected chi connectivity index (χ4v) is 0.590. The third-order valence-electron chi connectivity index (χ3n) is 1.03. The Kier molecular flexibility index (Phi) is 8.74. The summed E-state index contributed by atoms with van der Waals surface area (Å²) in [6.45, 7) is 1.57. The molecule has 0 aliphatic rings. The van der Waals surface area contributed by atoms with Gasteiger partial charge in [0.1, 0.15) is 27.0 Å². The maximum atomic E-state index is 5.06. The lowest BCUT2D eigenvalue weighted by atomic mass is 10.9. The van der Waals surface area contributed by atoms with Crippen molar-refractivity contribution in [2.45, 2.75) is 0 Å². The van der Waals surface area contributed by atoms with E-state index in [0.717, 1.165) is 0 Å². The molecule has 0 aromatic carbocycles. The first-order valence-electron chi connectivity index (χ1n) is 3.63. The van der Waals surface area contributed by atoms with Crippen molar-refractivity contribution in [2.24, 2.45) is 0 Å². The van der Waals surface area contributed by atoms with Crippen molar-refractivity contribution < 1.29 is 18.9 Å². The molecule has 0 spiro atoms. The molecule has 5 nitrogen and oxygen atoms in total. The van der Waals surface area contributed by atoms with E-state index in [1.54, 1.807) is 14.2 Å². The molecule has 0 amide bonds. The van der Waals surface area contributed by atoms with E-state index < -0.39 is 0 Å². The normalized spacial score (nSPS) is 11.0. The highest BCUT2D eigenvalue weighted by Gasteiger charge is 1.96. The fourth-order valence-electron chi connectivity index (χ4n) is 0.590. The number of methoxy groups -OCH3 is 2. The Balaban J connectivity index is 3.04. The molecule has 0 bridgehead atoms. The molecular weight excluding hydrogens is 162 g/mol. The van der Waals surface area contributed by atoms with Crippen LogP contribution in [0, 0.1) is 0 Å². The maximum absolute atomic E-state index is 5.06. The van der Waals surface area contributed by atoms with E-state index in [-0.39, 0.29) is 0 Å². The van der Waals surface area contributed by atoms with E-state index in [2.05, 4.69) is 0 Å². The van der Waals surface area contributed by atoms with Crippen LogP contribution >= 0.6 is 0 Å². The van der Waals surface area contributed by atoms with Crippen LogP contribution in [0.25, 0.3) is 0 Å². The Labute approximate surface area is 73.1 Å². The molecule has 12 heavy (non-hydrogen) atoms. The first kappa shape index (κ1) is 11.8. The standard InChI is InChI=1S/C7H17NO4/c1-8(4-11-6-9-2)5-12-7-10-3/h4-7H2,1-3H3. The van der Waals surface area contributed by atoms with Gasteiger partial charge in [-0.25, -0.2) is 0 Å².